The van der Waals surface area contributed by atoms with Gasteiger partial charge in [-0.2, -0.15) is 0 Å². The van der Waals surface area contributed by atoms with Gasteiger partial charge in [0.1, 0.15) is 0 Å². The fraction of sp³-hybridized carbons (Fsp3) is 0.0909. The van der Waals surface area contributed by atoms with Gasteiger partial charge in [-0.15, -0.1) is 0 Å². The van der Waals surface area contributed by atoms with E-state index in [-0.39, 0.29) is 12.0 Å². The molecule has 1 aromatic carbocycles. The summed E-state index contributed by atoms with van der Waals surface area (Å²) in [6.07, 6.45) is -0.0432. The first-order valence-corrected chi connectivity index (χ1v) is 5.10. The molecule has 0 saturated carbocycles. The second-order valence-corrected chi connectivity index (χ2v) is 3.80. The molecule has 0 heterocycles. The van der Waals surface area contributed by atoms with Crippen molar-refractivity contribution in [3.8, 4) is 11.8 Å². The molecule has 1 rings (SSSR count). The fourth-order valence-corrected chi connectivity index (χ4v) is 1.42. The van der Waals surface area contributed by atoms with Gasteiger partial charge in [-0.3, -0.25) is 4.79 Å². The first-order chi connectivity index (χ1) is 7.50. The Labute approximate surface area is 101 Å². The summed E-state index contributed by atoms with van der Waals surface area (Å²) in [5.41, 5.74) is 5.58. The van der Waals surface area contributed by atoms with Gasteiger partial charge in [-0.05, 0) is 34.1 Å². The van der Waals surface area contributed by atoms with Gasteiger partial charge in [-0.1, -0.05) is 11.8 Å². The van der Waals surface area contributed by atoms with Crippen LogP contribution in [-0.2, 0) is 4.79 Å². The molecule has 0 radical (unpaired) electrons. The van der Waals surface area contributed by atoms with Crippen molar-refractivity contribution in [2.45, 2.75) is 6.42 Å². The molecule has 0 aliphatic carbocycles. The SMILES string of the molecule is NC(=O)CC#Cc1ccc(Br)c(C(=O)O)c1. The number of primary amides is 1. The lowest BCUT2D eigenvalue weighted by atomic mass is 10.1. The zero-order valence-corrected chi connectivity index (χ0v) is 9.74. The number of benzene rings is 1. The maximum absolute atomic E-state index is 10.8. The smallest absolute Gasteiger partial charge is 0.336 e. The van der Waals surface area contributed by atoms with Gasteiger partial charge < -0.3 is 10.8 Å². The minimum absolute atomic E-state index is 0.0432. The Morgan fingerprint density at radius 3 is 2.69 bits per heavy atom. The Kier molecular flexibility index (Phi) is 4.09. The highest BCUT2D eigenvalue weighted by Crippen LogP contribution is 2.17. The van der Waals surface area contributed by atoms with E-state index in [9.17, 15) is 9.59 Å². The van der Waals surface area contributed by atoms with Crippen molar-refractivity contribution in [2.24, 2.45) is 5.73 Å². The predicted molar refractivity (Wildman–Crippen MR) is 61.8 cm³/mol. The van der Waals surface area contributed by atoms with E-state index in [1.54, 1.807) is 12.1 Å². The lowest BCUT2D eigenvalue weighted by Gasteiger charge is -1.98. The second-order valence-electron chi connectivity index (χ2n) is 2.94. The Bertz CT molecular complexity index is 500. The van der Waals surface area contributed by atoms with Crippen LogP contribution in [0.2, 0.25) is 0 Å². The molecule has 4 nitrogen and oxygen atoms in total. The zero-order chi connectivity index (χ0) is 12.1. The van der Waals surface area contributed by atoms with Crippen molar-refractivity contribution < 1.29 is 14.7 Å². The highest BCUT2D eigenvalue weighted by atomic mass is 79.9. The summed E-state index contributed by atoms with van der Waals surface area (Å²) in [6, 6.07) is 4.68. The standard InChI is InChI=1S/C11H8BrNO3/c12-9-5-4-7(2-1-3-10(13)14)6-8(9)11(15)16/h4-6H,3H2,(H2,13,14)(H,15,16). The van der Waals surface area contributed by atoms with Crippen LogP contribution in [-0.4, -0.2) is 17.0 Å². The average Bonchev–Trinajstić information content (AvgIpc) is 2.19. The number of aromatic carboxylic acids is 1. The summed E-state index contributed by atoms with van der Waals surface area (Å²) in [4.78, 5) is 21.2. The summed E-state index contributed by atoms with van der Waals surface area (Å²) >= 11 is 3.12. The number of amides is 1. The van der Waals surface area contributed by atoms with Crippen molar-refractivity contribution in [1.29, 1.82) is 0 Å². The number of carbonyl (C=O) groups is 2. The van der Waals surface area contributed by atoms with Crippen LogP contribution in [0.15, 0.2) is 22.7 Å². The van der Waals surface area contributed by atoms with Crippen LogP contribution in [0.4, 0.5) is 0 Å². The summed E-state index contributed by atoms with van der Waals surface area (Å²) < 4.78 is 0.487. The minimum Gasteiger partial charge on any atom is -0.478 e. The molecule has 1 amide bonds. The Morgan fingerprint density at radius 2 is 2.12 bits per heavy atom. The van der Waals surface area contributed by atoms with E-state index in [0.717, 1.165) is 0 Å². The van der Waals surface area contributed by atoms with E-state index in [1.807, 2.05) is 0 Å². The molecule has 0 saturated heterocycles. The molecule has 0 aromatic heterocycles. The number of hydrogen-bond donors (Lipinski definition) is 2. The number of hydrogen-bond acceptors (Lipinski definition) is 2. The molecule has 82 valence electrons. The third kappa shape index (κ3) is 3.41. The van der Waals surface area contributed by atoms with Gasteiger partial charge in [-0.25, -0.2) is 4.79 Å². The van der Waals surface area contributed by atoms with Crippen LogP contribution in [0.3, 0.4) is 0 Å². The number of nitrogens with two attached hydrogens (primary N) is 1. The third-order valence-electron chi connectivity index (χ3n) is 1.69. The summed E-state index contributed by atoms with van der Waals surface area (Å²) in [7, 11) is 0. The number of carboxylic acid groups (broad SMARTS) is 1. The lowest BCUT2D eigenvalue weighted by Crippen LogP contribution is -2.08. The summed E-state index contributed by atoms with van der Waals surface area (Å²) in [5, 5.41) is 8.85. The molecule has 0 aliphatic rings. The Balaban J connectivity index is 2.98. The lowest BCUT2D eigenvalue weighted by molar-refractivity contribution is -0.117. The van der Waals surface area contributed by atoms with E-state index in [1.165, 1.54) is 6.07 Å². The predicted octanol–water partition coefficient (Wildman–Crippen LogP) is 1.37. The van der Waals surface area contributed by atoms with Gasteiger partial charge in [0.2, 0.25) is 5.91 Å². The first kappa shape index (κ1) is 12.3. The van der Waals surface area contributed by atoms with Gasteiger partial charge in [0.05, 0.1) is 12.0 Å². The number of halogens is 1. The van der Waals surface area contributed by atoms with Crippen LogP contribution < -0.4 is 5.73 Å². The summed E-state index contributed by atoms with van der Waals surface area (Å²) in [6.45, 7) is 0. The molecule has 0 spiro atoms. The topological polar surface area (TPSA) is 80.4 Å². The van der Waals surface area contributed by atoms with Crippen LogP contribution in [0.5, 0.6) is 0 Å². The van der Waals surface area contributed by atoms with E-state index in [4.69, 9.17) is 10.8 Å². The quantitative estimate of drug-likeness (QED) is 0.804. The van der Waals surface area contributed by atoms with Crippen LogP contribution in [0.25, 0.3) is 0 Å². The molecule has 0 aliphatic heterocycles. The van der Waals surface area contributed by atoms with E-state index in [2.05, 4.69) is 27.8 Å². The maximum Gasteiger partial charge on any atom is 0.336 e. The van der Waals surface area contributed by atoms with E-state index >= 15 is 0 Å². The molecule has 5 heteroatoms. The largest absolute Gasteiger partial charge is 0.478 e. The van der Waals surface area contributed by atoms with Crippen LogP contribution >= 0.6 is 15.9 Å². The van der Waals surface area contributed by atoms with Crippen molar-refractivity contribution in [1.82, 2.24) is 0 Å². The third-order valence-corrected chi connectivity index (χ3v) is 2.38. The average molecular weight is 282 g/mol. The van der Waals surface area contributed by atoms with Gasteiger partial charge >= 0.3 is 5.97 Å². The minimum atomic E-state index is -1.04. The highest BCUT2D eigenvalue weighted by molar-refractivity contribution is 9.10. The number of rotatable bonds is 2. The Morgan fingerprint density at radius 1 is 1.44 bits per heavy atom. The summed E-state index contributed by atoms with van der Waals surface area (Å²) in [5.74, 6) is 3.67. The fourth-order valence-electron chi connectivity index (χ4n) is 1.00. The monoisotopic (exact) mass is 281 g/mol. The molecule has 0 atom stereocenters. The Hall–Kier alpha value is -1.80. The molecule has 0 bridgehead atoms. The van der Waals surface area contributed by atoms with Crippen molar-refractivity contribution in [3.05, 3.63) is 33.8 Å². The number of carboxylic acids is 1. The molecule has 3 N–H and O–H groups in total. The van der Waals surface area contributed by atoms with Gasteiger partial charge in [0, 0.05) is 10.0 Å². The van der Waals surface area contributed by atoms with Crippen molar-refractivity contribution in [2.75, 3.05) is 0 Å². The molecular formula is C11H8BrNO3. The van der Waals surface area contributed by atoms with Crippen molar-refractivity contribution >= 4 is 27.8 Å². The second kappa shape index (κ2) is 5.33. The maximum atomic E-state index is 10.8. The van der Waals surface area contributed by atoms with E-state index in [0.29, 0.717) is 10.0 Å². The van der Waals surface area contributed by atoms with Crippen LogP contribution in [0.1, 0.15) is 22.3 Å². The highest BCUT2D eigenvalue weighted by Gasteiger charge is 2.07. The van der Waals surface area contributed by atoms with Gasteiger partial charge in [0.15, 0.2) is 0 Å². The molecule has 0 unspecified atom stereocenters. The molecular weight excluding hydrogens is 274 g/mol. The molecule has 0 fully saturated rings. The molecule has 16 heavy (non-hydrogen) atoms. The first-order valence-electron chi connectivity index (χ1n) is 4.30. The van der Waals surface area contributed by atoms with E-state index < -0.39 is 11.9 Å². The van der Waals surface area contributed by atoms with Gasteiger partial charge in [0.25, 0.3) is 0 Å². The van der Waals surface area contributed by atoms with Crippen molar-refractivity contribution in [3.63, 3.8) is 0 Å². The molecule has 1 aromatic rings. The zero-order valence-electron chi connectivity index (χ0n) is 8.16. The number of carbonyl (C=O) groups excluding carboxylic acids is 1. The normalized spacial score (nSPS) is 9.06. The van der Waals surface area contributed by atoms with Crippen LogP contribution in [0, 0.1) is 11.8 Å².